The number of rotatable bonds is 0. The highest BCUT2D eigenvalue weighted by atomic mass is 16.6. The van der Waals surface area contributed by atoms with Crippen molar-refractivity contribution in [1.82, 2.24) is 0 Å². The van der Waals surface area contributed by atoms with Crippen LogP contribution in [0.1, 0.15) is 25.7 Å². The second kappa shape index (κ2) is 2.35. The lowest BCUT2D eigenvalue weighted by Crippen LogP contribution is -2.34. The zero-order valence-corrected chi connectivity index (χ0v) is 7.07. The Morgan fingerprint density at radius 1 is 1.50 bits per heavy atom. The average molecular weight is 163 g/mol. The fourth-order valence-corrected chi connectivity index (χ4v) is 2.73. The second-order valence-corrected chi connectivity index (χ2v) is 3.99. The van der Waals surface area contributed by atoms with Crippen LogP contribution in [-0.2, 0) is 4.84 Å². The Kier molecular flexibility index (Phi) is 1.31. The van der Waals surface area contributed by atoms with Crippen molar-refractivity contribution in [3.05, 3.63) is 12.2 Å². The van der Waals surface area contributed by atoms with E-state index in [0.717, 1.165) is 5.92 Å². The van der Waals surface area contributed by atoms with Crippen LogP contribution in [0.2, 0.25) is 0 Å². The van der Waals surface area contributed by atoms with Gasteiger partial charge in [0.05, 0.1) is 5.71 Å². The molecule has 3 atom stereocenters. The number of hydrogen-bond acceptors (Lipinski definition) is 2. The highest BCUT2D eigenvalue weighted by Gasteiger charge is 2.41. The van der Waals surface area contributed by atoms with E-state index in [4.69, 9.17) is 4.84 Å². The number of hydrogen-bond donors (Lipinski definition) is 0. The molecule has 0 aromatic heterocycles. The van der Waals surface area contributed by atoms with Gasteiger partial charge in [0, 0.05) is 5.92 Å². The van der Waals surface area contributed by atoms with E-state index in [2.05, 4.69) is 17.3 Å². The van der Waals surface area contributed by atoms with E-state index < -0.39 is 0 Å². The van der Waals surface area contributed by atoms with Gasteiger partial charge < -0.3 is 4.84 Å². The summed E-state index contributed by atoms with van der Waals surface area (Å²) in [6, 6.07) is 0. The lowest BCUT2D eigenvalue weighted by atomic mass is 9.71. The van der Waals surface area contributed by atoms with E-state index in [1.54, 1.807) is 0 Å². The van der Waals surface area contributed by atoms with Gasteiger partial charge in [-0.2, -0.15) is 0 Å². The van der Waals surface area contributed by atoms with E-state index in [1.165, 1.54) is 31.4 Å². The van der Waals surface area contributed by atoms with E-state index >= 15 is 0 Å². The fourth-order valence-electron chi connectivity index (χ4n) is 2.73. The summed E-state index contributed by atoms with van der Waals surface area (Å²) in [4.78, 5) is 5.37. The molecule has 64 valence electrons. The van der Waals surface area contributed by atoms with Crippen molar-refractivity contribution < 1.29 is 4.84 Å². The second-order valence-electron chi connectivity index (χ2n) is 3.99. The third-order valence-corrected chi connectivity index (χ3v) is 3.31. The van der Waals surface area contributed by atoms with Gasteiger partial charge >= 0.3 is 0 Å². The number of oxime groups is 1. The molecule has 0 spiro atoms. The van der Waals surface area contributed by atoms with Gasteiger partial charge in [-0.05, 0) is 37.7 Å². The number of allylic oxidation sites excluding steroid dienone is 1. The van der Waals surface area contributed by atoms with Crippen LogP contribution in [-0.4, -0.2) is 11.8 Å². The van der Waals surface area contributed by atoms with Crippen molar-refractivity contribution in [2.75, 3.05) is 0 Å². The molecule has 2 heteroatoms. The molecule has 3 rings (SSSR count). The molecule has 1 heterocycles. The lowest BCUT2D eigenvalue weighted by Gasteiger charge is -2.32. The van der Waals surface area contributed by atoms with Crippen LogP contribution in [0.5, 0.6) is 0 Å². The summed E-state index contributed by atoms with van der Waals surface area (Å²) in [6.45, 7) is 0. The van der Waals surface area contributed by atoms with Crippen LogP contribution < -0.4 is 0 Å². The summed E-state index contributed by atoms with van der Waals surface area (Å²) in [5, 5.41) is 4.17. The molecule has 2 nitrogen and oxygen atoms in total. The van der Waals surface area contributed by atoms with Crippen LogP contribution in [0.4, 0.5) is 0 Å². The molecule has 0 N–H and O–H groups in total. The van der Waals surface area contributed by atoms with Crippen LogP contribution in [0.15, 0.2) is 17.3 Å². The van der Waals surface area contributed by atoms with Gasteiger partial charge in [-0.15, -0.1) is 0 Å². The summed E-state index contributed by atoms with van der Waals surface area (Å²) < 4.78 is 0. The van der Waals surface area contributed by atoms with Gasteiger partial charge in [-0.1, -0.05) is 11.2 Å². The van der Waals surface area contributed by atoms with E-state index in [1.807, 2.05) is 0 Å². The van der Waals surface area contributed by atoms with Gasteiger partial charge in [0.2, 0.25) is 0 Å². The van der Waals surface area contributed by atoms with E-state index in [0.29, 0.717) is 12.0 Å². The zero-order valence-electron chi connectivity index (χ0n) is 7.07. The first kappa shape index (κ1) is 6.70. The third-order valence-electron chi connectivity index (χ3n) is 3.31. The van der Waals surface area contributed by atoms with E-state index in [-0.39, 0.29) is 0 Å². The van der Waals surface area contributed by atoms with Crippen LogP contribution >= 0.6 is 0 Å². The largest absolute Gasteiger partial charge is 0.388 e. The Hall–Kier alpha value is -0.790. The molecule has 3 unspecified atom stereocenters. The molecule has 0 radical (unpaired) electrons. The van der Waals surface area contributed by atoms with Crippen LogP contribution in [0.25, 0.3) is 0 Å². The van der Waals surface area contributed by atoms with Gasteiger partial charge in [0.25, 0.3) is 0 Å². The summed E-state index contributed by atoms with van der Waals surface area (Å²) in [5.41, 5.74) is 1.33. The van der Waals surface area contributed by atoms with Crippen molar-refractivity contribution in [3.8, 4) is 0 Å². The minimum Gasteiger partial charge on any atom is -0.388 e. The number of nitrogens with zero attached hydrogens (tertiary/aromatic N) is 1. The predicted octanol–water partition coefficient (Wildman–Crippen LogP) is 2.12. The molecule has 1 aliphatic heterocycles. The molecule has 0 aromatic rings. The van der Waals surface area contributed by atoms with Gasteiger partial charge in [-0.25, -0.2) is 0 Å². The first-order valence-electron chi connectivity index (χ1n) is 4.84. The molecule has 1 fully saturated rings. The molecule has 3 aliphatic rings. The van der Waals surface area contributed by atoms with Gasteiger partial charge in [0.1, 0.15) is 0 Å². The Labute approximate surface area is 72.3 Å². The molecular weight excluding hydrogens is 150 g/mol. The molecule has 0 saturated heterocycles. The first-order chi connectivity index (χ1) is 5.95. The molecule has 12 heavy (non-hydrogen) atoms. The quantitative estimate of drug-likeness (QED) is 0.501. The molecule has 0 bridgehead atoms. The SMILES string of the molecule is C1=CC2ON=C3CCCC(C1)C32. The first-order valence-corrected chi connectivity index (χ1v) is 4.84. The maximum absolute atomic E-state index is 5.37. The molecule has 0 aromatic carbocycles. The zero-order chi connectivity index (χ0) is 7.97. The molecule has 1 saturated carbocycles. The normalized spacial score (nSPS) is 43.3. The maximum atomic E-state index is 5.37. The fraction of sp³-hybridized carbons (Fsp3) is 0.700. The minimum atomic E-state index is 0.291. The highest BCUT2D eigenvalue weighted by molar-refractivity contribution is 5.89. The van der Waals surface area contributed by atoms with E-state index in [9.17, 15) is 0 Å². The molecule has 0 amide bonds. The Morgan fingerprint density at radius 2 is 2.50 bits per heavy atom. The summed E-state index contributed by atoms with van der Waals surface area (Å²) in [6.07, 6.45) is 9.82. The molecule has 2 aliphatic carbocycles. The smallest absolute Gasteiger partial charge is 0.154 e. The van der Waals surface area contributed by atoms with Gasteiger partial charge in [-0.3, -0.25) is 0 Å². The Balaban J connectivity index is 1.97. The Bertz CT molecular complexity index is 257. The summed E-state index contributed by atoms with van der Waals surface area (Å²) in [5.74, 6) is 1.47. The third kappa shape index (κ3) is 0.780. The summed E-state index contributed by atoms with van der Waals surface area (Å²) in [7, 11) is 0. The Morgan fingerprint density at radius 3 is 3.50 bits per heavy atom. The monoisotopic (exact) mass is 163 g/mol. The maximum Gasteiger partial charge on any atom is 0.154 e. The topological polar surface area (TPSA) is 21.6 Å². The summed E-state index contributed by atoms with van der Waals surface area (Å²) >= 11 is 0. The lowest BCUT2D eigenvalue weighted by molar-refractivity contribution is 0.0742. The van der Waals surface area contributed by atoms with Crippen molar-refractivity contribution in [1.29, 1.82) is 0 Å². The van der Waals surface area contributed by atoms with Crippen molar-refractivity contribution in [2.45, 2.75) is 31.8 Å². The van der Waals surface area contributed by atoms with Crippen LogP contribution in [0, 0.1) is 11.8 Å². The van der Waals surface area contributed by atoms with Gasteiger partial charge in [0.15, 0.2) is 6.10 Å². The van der Waals surface area contributed by atoms with Crippen LogP contribution in [0.3, 0.4) is 0 Å². The standard InChI is InChI=1S/C10H13NO/c1-3-7-4-2-6-9-10(7)8(5-1)11-12-9/h2,6-7,9-10H,1,3-5H2. The van der Waals surface area contributed by atoms with Crippen molar-refractivity contribution >= 4 is 5.71 Å². The predicted molar refractivity (Wildman–Crippen MR) is 46.9 cm³/mol. The highest BCUT2D eigenvalue weighted by Crippen LogP contribution is 2.40. The molecular formula is C10H13NO. The van der Waals surface area contributed by atoms with Crippen molar-refractivity contribution in [3.63, 3.8) is 0 Å². The average Bonchev–Trinajstić information content (AvgIpc) is 2.52. The minimum absolute atomic E-state index is 0.291. The van der Waals surface area contributed by atoms with Crippen molar-refractivity contribution in [2.24, 2.45) is 17.0 Å².